The van der Waals surface area contributed by atoms with E-state index in [0.717, 1.165) is 10.2 Å². The van der Waals surface area contributed by atoms with Crippen molar-refractivity contribution >= 4 is 49.5 Å². The zero-order valence-electron chi connectivity index (χ0n) is 9.19. The Hall–Kier alpha value is -1.33. The Morgan fingerprint density at radius 2 is 2.06 bits per heavy atom. The molecule has 5 heteroatoms. The Bertz CT molecular complexity index is 590. The van der Waals surface area contributed by atoms with Crippen LogP contribution in [0.25, 0.3) is 6.08 Å². The zero-order chi connectivity index (χ0) is 13.0. The summed E-state index contributed by atoms with van der Waals surface area (Å²) in [5.74, 6) is 0.409. The Kier molecular flexibility index (Phi) is 4.38. The van der Waals surface area contributed by atoms with E-state index >= 15 is 0 Å². The van der Waals surface area contributed by atoms with Crippen molar-refractivity contribution in [3.05, 3.63) is 57.4 Å². The van der Waals surface area contributed by atoms with E-state index in [4.69, 9.17) is 4.42 Å². The summed E-state index contributed by atoms with van der Waals surface area (Å²) >= 11 is 6.54. The standard InChI is InChI=1S/C13H9Br2NO2/c14-9-2-1-3-10(8-9)16-13(17)7-5-11-4-6-12(15)18-11/h1-8H,(H,16,17)/b7-5+. The van der Waals surface area contributed by atoms with E-state index in [9.17, 15) is 4.79 Å². The first-order valence-corrected chi connectivity index (χ1v) is 6.72. The molecule has 0 radical (unpaired) electrons. The molecule has 0 atom stereocenters. The van der Waals surface area contributed by atoms with E-state index in [1.54, 1.807) is 18.2 Å². The molecule has 0 spiro atoms. The van der Waals surface area contributed by atoms with Crippen LogP contribution >= 0.6 is 31.9 Å². The predicted molar refractivity (Wildman–Crippen MR) is 78.2 cm³/mol. The SMILES string of the molecule is O=C(/C=C/c1ccc(Br)o1)Nc1cccc(Br)c1. The molecule has 92 valence electrons. The normalized spacial score (nSPS) is 10.8. The van der Waals surface area contributed by atoms with Gasteiger partial charge in [-0.1, -0.05) is 22.0 Å². The third kappa shape index (κ3) is 3.85. The number of carbonyl (C=O) groups is 1. The average Bonchev–Trinajstić information content (AvgIpc) is 2.73. The van der Waals surface area contributed by atoms with Crippen LogP contribution in [-0.2, 0) is 4.79 Å². The quantitative estimate of drug-likeness (QED) is 0.810. The maximum absolute atomic E-state index is 11.6. The third-order valence-electron chi connectivity index (χ3n) is 2.09. The summed E-state index contributed by atoms with van der Waals surface area (Å²) in [6.45, 7) is 0. The molecule has 1 N–H and O–H groups in total. The first-order chi connectivity index (χ1) is 8.63. The highest BCUT2D eigenvalue weighted by atomic mass is 79.9. The molecule has 0 fully saturated rings. The minimum Gasteiger partial charge on any atom is -0.450 e. The summed E-state index contributed by atoms with van der Waals surface area (Å²) in [5.41, 5.74) is 0.736. The molecule has 1 aromatic carbocycles. The molecule has 0 saturated carbocycles. The Morgan fingerprint density at radius 1 is 1.22 bits per heavy atom. The first kappa shape index (κ1) is 13.1. The lowest BCUT2D eigenvalue weighted by atomic mass is 10.3. The number of hydrogen-bond donors (Lipinski definition) is 1. The molecular weight excluding hydrogens is 362 g/mol. The van der Waals surface area contributed by atoms with Gasteiger partial charge >= 0.3 is 0 Å². The molecule has 1 aromatic heterocycles. The molecule has 2 aromatic rings. The lowest BCUT2D eigenvalue weighted by Gasteiger charge is -2.01. The second-order valence-electron chi connectivity index (χ2n) is 3.47. The van der Waals surface area contributed by atoms with Gasteiger partial charge in [0.05, 0.1) is 0 Å². The summed E-state index contributed by atoms with van der Waals surface area (Å²) in [4.78, 5) is 11.6. The lowest BCUT2D eigenvalue weighted by molar-refractivity contribution is -0.111. The van der Waals surface area contributed by atoms with Gasteiger partial charge in [-0.05, 0) is 52.3 Å². The van der Waals surface area contributed by atoms with Crippen LogP contribution in [0.1, 0.15) is 5.76 Å². The van der Waals surface area contributed by atoms with Gasteiger partial charge in [-0.3, -0.25) is 4.79 Å². The second kappa shape index (κ2) is 6.02. The first-order valence-electron chi connectivity index (χ1n) is 5.13. The molecule has 0 aliphatic carbocycles. The molecule has 0 bridgehead atoms. The Balaban J connectivity index is 1.98. The third-order valence-corrected chi connectivity index (χ3v) is 3.00. The van der Waals surface area contributed by atoms with Crippen molar-refractivity contribution in [2.75, 3.05) is 5.32 Å². The fourth-order valence-corrected chi connectivity index (χ4v) is 2.04. The van der Waals surface area contributed by atoms with Gasteiger partial charge in [0.15, 0.2) is 4.67 Å². The molecule has 0 aliphatic rings. The monoisotopic (exact) mass is 369 g/mol. The van der Waals surface area contributed by atoms with Crippen LogP contribution in [0.15, 0.2) is 56.0 Å². The maximum atomic E-state index is 11.6. The summed E-state index contributed by atoms with van der Waals surface area (Å²) in [7, 11) is 0. The summed E-state index contributed by atoms with van der Waals surface area (Å²) in [6, 6.07) is 10.9. The highest BCUT2D eigenvalue weighted by Gasteiger charge is 1.99. The molecular formula is C13H9Br2NO2. The van der Waals surface area contributed by atoms with E-state index in [0.29, 0.717) is 10.4 Å². The van der Waals surface area contributed by atoms with E-state index in [-0.39, 0.29) is 5.91 Å². The summed E-state index contributed by atoms with van der Waals surface area (Å²) < 4.78 is 6.80. The molecule has 0 saturated heterocycles. The van der Waals surface area contributed by atoms with Gasteiger partial charge in [0.25, 0.3) is 0 Å². The van der Waals surface area contributed by atoms with E-state index < -0.39 is 0 Å². The lowest BCUT2D eigenvalue weighted by Crippen LogP contribution is -2.07. The number of nitrogens with one attached hydrogen (secondary N) is 1. The average molecular weight is 371 g/mol. The van der Waals surface area contributed by atoms with Gasteiger partial charge in [0.2, 0.25) is 5.91 Å². The van der Waals surface area contributed by atoms with Crippen LogP contribution in [0.4, 0.5) is 5.69 Å². The largest absolute Gasteiger partial charge is 0.450 e. The van der Waals surface area contributed by atoms with Crippen LogP contribution in [0.5, 0.6) is 0 Å². The fourth-order valence-electron chi connectivity index (χ4n) is 1.33. The second-order valence-corrected chi connectivity index (χ2v) is 5.17. The smallest absolute Gasteiger partial charge is 0.248 e. The topological polar surface area (TPSA) is 42.2 Å². The van der Waals surface area contributed by atoms with Crippen molar-refractivity contribution in [3.8, 4) is 0 Å². The Morgan fingerprint density at radius 3 is 2.72 bits per heavy atom. The number of carbonyl (C=O) groups excluding carboxylic acids is 1. The number of halogens is 2. The van der Waals surface area contributed by atoms with E-state index in [1.165, 1.54) is 6.08 Å². The number of rotatable bonds is 3. The van der Waals surface area contributed by atoms with Gasteiger partial charge in [0, 0.05) is 16.2 Å². The van der Waals surface area contributed by atoms with Crippen molar-refractivity contribution in [2.24, 2.45) is 0 Å². The fraction of sp³-hybridized carbons (Fsp3) is 0. The number of anilines is 1. The van der Waals surface area contributed by atoms with Gasteiger partial charge < -0.3 is 9.73 Å². The van der Waals surface area contributed by atoms with Gasteiger partial charge in [-0.2, -0.15) is 0 Å². The van der Waals surface area contributed by atoms with Gasteiger partial charge in [-0.25, -0.2) is 0 Å². The Labute approximate surface area is 121 Å². The van der Waals surface area contributed by atoms with Gasteiger partial charge in [-0.15, -0.1) is 0 Å². The predicted octanol–water partition coefficient (Wildman–Crippen LogP) is 4.46. The zero-order valence-corrected chi connectivity index (χ0v) is 12.4. The summed E-state index contributed by atoms with van der Waals surface area (Å²) in [6.07, 6.45) is 3.03. The molecule has 2 rings (SSSR count). The molecule has 0 unspecified atom stereocenters. The van der Waals surface area contributed by atoms with E-state index in [2.05, 4.69) is 37.2 Å². The molecule has 1 heterocycles. The van der Waals surface area contributed by atoms with Gasteiger partial charge in [0.1, 0.15) is 5.76 Å². The molecule has 1 amide bonds. The minimum absolute atomic E-state index is 0.208. The van der Waals surface area contributed by atoms with Crippen LogP contribution in [-0.4, -0.2) is 5.91 Å². The van der Waals surface area contributed by atoms with Crippen molar-refractivity contribution in [2.45, 2.75) is 0 Å². The van der Waals surface area contributed by atoms with Crippen LogP contribution < -0.4 is 5.32 Å². The molecule has 18 heavy (non-hydrogen) atoms. The summed E-state index contributed by atoms with van der Waals surface area (Å²) in [5, 5.41) is 2.75. The molecule has 3 nitrogen and oxygen atoms in total. The van der Waals surface area contributed by atoms with Crippen molar-refractivity contribution < 1.29 is 9.21 Å². The van der Waals surface area contributed by atoms with Crippen LogP contribution in [0.3, 0.4) is 0 Å². The van der Waals surface area contributed by atoms with Crippen molar-refractivity contribution in [1.82, 2.24) is 0 Å². The minimum atomic E-state index is -0.208. The number of hydrogen-bond acceptors (Lipinski definition) is 2. The van der Waals surface area contributed by atoms with Crippen molar-refractivity contribution in [3.63, 3.8) is 0 Å². The van der Waals surface area contributed by atoms with Crippen LogP contribution in [0.2, 0.25) is 0 Å². The molecule has 0 aliphatic heterocycles. The highest BCUT2D eigenvalue weighted by Crippen LogP contribution is 2.17. The number of furan rings is 1. The van der Waals surface area contributed by atoms with E-state index in [1.807, 2.05) is 24.3 Å². The number of amides is 1. The van der Waals surface area contributed by atoms with Crippen molar-refractivity contribution in [1.29, 1.82) is 0 Å². The highest BCUT2D eigenvalue weighted by molar-refractivity contribution is 9.10. The van der Waals surface area contributed by atoms with Crippen LogP contribution in [0, 0.1) is 0 Å². The number of benzene rings is 1. The maximum Gasteiger partial charge on any atom is 0.248 e.